The zero-order chi connectivity index (χ0) is 17.4. The predicted molar refractivity (Wildman–Crippen MR) is 76.9 cm³/mol. The Morgan fingerprint density at radius 1 is 1.26 bits per heavy atom. The number of halogens is 3. The van der Waals surface area contributed by atoms with E-state index in [1.165, 1.54) is 7.05 Å². The largest absolute Gasteiger partial charge is 0.435 e. The topological polar surface area (TPSA) is 64.7 Å². The van der Waals surface area contributed by atoms with Crippen LogP contribution in [-0.4, -0.2) is 32.0 Å². The van der Waals surface area contributed by atoms with Crippen LogP contribution in [0.15, 0.2) is 6.20 Å². The highest BCUT2D eigenvalue weighted by atomic mass is 19.4. The molecule has 0 fully saturated rings. The molecule has 0 atom stereocenters. The van der Waals surface area contributed by atoms with Gasteiger partial charge in [0, 0.05) is 32.5 Å². The fourth-order valence-corrected chi connectivity index (χ4v) is 2.44. The quantitative estimate of drug-likeness (QED) is 0.930. The molecule has 2 aromatic rings. The van der Waals surface area contributed by atoms with E-state index in [9.17, 15) is 18.0 Å². The van der Waals surface area contributed by atoms with E-state index in [2.05, 4.69) is 15.5 Å². The minimum absolute atomic E-state index is 0.221. The lowest BCUT2D eigenvalue weighted by Gasteiger charge is -2.07. The first-order chi connectivity index (χ1) is 10.6. The van der Waals surface area contributed by atoms with Crippen LogP contribution in [0.5, 0.6) is 0 Å². The highest BCUT2D eigenvalue weighted by Crippen LogP contribution is 2.30. The number of nitrogens with zero attached hydrogens (tertiary/aromatic N) is 4. The van der Waals surface area contributed by atoms with Crippen molar-refractivity contribution in [2.24, 2.45) is 14.1 Å². The Balaban J connectivity index is 2.06. The number of rotatable bonds is 4. The summed E-state index contributed by atoms with van der Waals surface area (Å²) in [5, 5.41) is 10.1. The van der Waals surface area contributed by atoms with E-state index in [-0.39, 0.29) is 6.54 Å². The van der Waals surface area contributed by atoms with Gasteiger partial charge in [-0.2, -0.15) is 23.4 Å². The maximum atomic E-state index is 12.9. The Hall–Kier alpha value is -2.32. The van der Waals surface area contributed by atoms with Crippen molar-refractivity contribution in [1.82, 2.24) is 24.9 Å². The summed E-state index contributed by atoms with van der Waals surface area (Å²) in [7, 11) is 3.16. The first kappa shape index (κ1) is 17.0. The van der Waals surface area contributed by atoms with Gasteiger partial charge in [-0.15, -0.1) is 0 Å². The molecule has 1 N–H and O–H groups in total. The average Bonchev–Trinajstić information content (AvgIpc) is 2.93. The summed E-state index contributed by atoms with van der Waals surface area (Å²) in [6.07, 6.45) is -3.10. The van der Waals surface area contributed by atoms with Crippen molar-refractivity contribution in [2.75, 3.05) is 6.54 Å². The lowest BCUT2D eigenvalue weighted by Crippen LogP contribution is -2.27. The van der Waals surface area contributed by atoms with Gasteiger partial charge in [0.1, 0.15) is 0 Å². The highest BCUT2D eigenvalue weighted by molar-refractivity contribution is 5.95. The number of alkyl halides is 3. The summed E-state index contributed by atoms with van der Waals surface area (Å²) >= 11 is 0. The number of nitrogens with one attached hydrogen (secondary N) is 1. The Morgan fingerprint density at radius 3 is 2.43 bits per heavy atom. The van der Waals surface area contributed by atoms with Gasteiger partial charge in [0.25, 0.3) is 5.91 Å². The number of carbonyl (C=O) groups excluding carboxylic acids is 1. The molecule has 0 aromatic carbocycles. The van der Waals surface area contributed by atoms with Gasteiger partial charge in [-0.1, -0.05) is 0 Å². The van der Waals surface area contributed by atoms with Gasteiger partial charge in [0.05, 0.1) is 11.3 Å². The van der Waals surface area contributed by atoms with Gasteiger partial charge in [0.2, 0.25) is 0 Å². The monoisotopic (exact) mass is 329 g/mol. The lowest BCUT2D eigenvalue weighted by molar-refractivity contribution is -0.141. The first-order valence-corrected chi connectivity index (χ1v) is 6.99. The smallest absolute Gasteiger partial charge is 0.352 e. The third-order valence-corrected chi connectivity index (χ3v) is 3.66. The fraction of sp³-hybridized carbons (Fsp3) is 0.500. The van der Waals surface area contributed by atoms with Gasteiger partial charge in [0.15, 0.2) is 5.69 Å². The maximum absolute atomic E-state index is 12.9. The molecule has 2 aromatic heterocycles. The van der Waals surface area contributed by atoms with Crippen molar-refractivity contribution in [3.05, 3.63) is 34.4 Å². The Kier molecular flexibility index (Phi) is 4.49. The maximum Gasteiger partial charge on any atom is 0.435 e. The molecule has 0 saturated heterocycles. The number of hydrogen-bond donors (Lipinski definition) is 1. The number of aromatic nitrogens is 4. The zero-order valence-corrected chi connectivity index (χ0v) is 13.3. The molecule has 1 amide bonds. The second kappa shape index (κ2) is 6.05. The van der Waals surface area contributed by atoms with Crippen molar-refractivity contribution < 1.29 is 18.0 Å². The lowest BCUT2D eigenvalue weighted by atomic mass is 10.1. The first-order valence-electron chi connectivity index (χ1n) is 6.99. The van der Waals surface area contributed by atoms with Crippen LogP contribution in [0.1, 0.15) is 33.0 Å². The van der Waals surface area contributed by atoms with Crippen LogP contribution in [0.4, 0.5) is 13.2 Å². The summed E-state index contributed by atoms with van der Waals surface area (Å²) in [6, 6.07) is 0. The summed E-state index contributed by atoms with van der Waals surface area (Å²) < 4.78 is 41.3. The number of hydrogen-bond acceptors (Lipinski definition) is 3. The Bertz CT molecular complexity index is 730. The molecule has 0 radical (unpaired) electrons. The zero-order valence-electron chi connectivity index (χ0n) is 13.3. The Morgan fingerprint density at radius 2 is 1.91 bits per heavy atom. The minimum Gasteiger partial charge on any atom is -0.352 e. The molecule has 2 rings (SSSR count). The van der Waals surface area contributed by atoms with Crippen molar-refractivity contribution in [3.63, 3.8) is 0 Å². The Labute approximate surface area is 131 Å². The molecule has 0 aliphatic rings. The van der Waals surface area contributed by atoms with E-state index in [0.29, 0.717) is 6.42 Å². The molecule has 0 bridgehead atoms. The summed E-state index contributed by atoms with van der Waals surface area (Å²) in [5.41, 5.74) is 1.15. The number of aryl methyl sites for hydroxylation is 3. The minimum atomic E-state index is -4.66. The fourth-order valence-electron chi connectivity index (χ4n) is 2.44. The van der Waals surface area contributed by atoms with Crippen molar-refractivity contribution in [2.45, 2.75) is 26.4 Å². The van der Waals surface area contributed by atoms with E-state index >= 15 is 0 Å². The third kappa shape index (κ3) is 3.54. The highest BCUT2D eigenvalue weighted by Gasteiger charge is 2.38. The van der Waals surface area contributed by atoms with Crippen LogP contribution in [0, 0.1) is 13.8 Å². The van der Waals surface area contributed by atoms with Gasteiger partial charge in [-0.05, 0) is 25.8 Å². The van der Waals surface area contributed by atoms with Gasteiger partial charge in [-0.3, -0.25) is 14.2 Å². The molecular formula is C14H18F3N5O. The van der Waals surface area contributed by atoms with E-state index < -0.39 is 23.3 Å². The van der Waals surface area contributed by atoms with Crippen molar-refractivity contribution in [1.29, 1.82) is 0 Å². The van der Waals surface area contributed by atoms with Gasteiger partial charge < -0.3 is 5.32 Å². The number of amides is 1. The molecule has 6 nitrogen and oxygen atoms in total. The van der Waals surface area contributed by atoms with Crippen molar-refractivity contribution in [3.8, 4) is 0 Å². The van der Waals surface area contributed by atoms with Crippen LogP contribution >= 0.6 is 0 Å². The molecule has 2 heterocycles. The molecule has 126 valence electrons. The summed E-state index contributed by atoms with van der Waals surface area (Å²) in [4.78, 5) is 12.0. The normalized spacial score (nSPS) is 11.8. The molecule has 0 spiro atoms. The standard InChI is InChI=1S/C14H18F3N5O/c1-8-10(9(2)22(4)19-8)5-6-18-13(23)11-7-21(3)20-12(11)14(15,16)17/h7H,5-6H2,1-4H3,(H,18,23). The van der Waals surface area contributed by atoms with Crippen molar-refractivity contribution >= 4 is 5.91 Å². The molecular weight excluding hydrogens is 311 g/mol. The van der Waals surface area contributed by atoms with Crippen LogP contribution < -0.4 is 5.32 Å². The van der Waals surface area contributed by atoms with Gasteiger partial charge in [-0.25, -0.2) is 0 Å². The average molecular weight is 329 g/mol. The van der Waals surface area contributed by atoms with E-state index in [4.69, 9.17) is 0 Å². The van der Waals surface area contributed by atoms with E-state index in [1.807, 2.05) is 20.9 Å². The molecule has 0 unspecified atom stereocenters. The van der Waals surface area contributed by atoms with Crippen LogP contribution in [0.3, 0.4) is 0 Å². The molecule has 9 heteroatoms. The molecule has 0 aliphatic heterocycles. The van der Waals surface area contributed by atoms with Crippen LogP contribution in [-0.2, 0) is 26.7 Å². The predicted octanol–water partition coefficient (Wildman–Crippen LogP) is 1.76. The van der Waals surface area contributed by atoms with E-state index in [1.54, 1.807) is 4.68 Å². The summed E-state index contributed by atoms with van der Waals surface area (Å²) in [5.74, 6) is -0.787. The molecule has 0 saturated carbocycles. The molecule has 0 aliphatic carbocycles. The second-order valence-corrected chi connectivity index (χ2v) is 5.34. The number of carbonyl (C=O) groups is 1. The third-order valence-electron chi connectivity index (χ3n) is 3.66. The second-order valence-electron chi connectivity index (χ2n) is 5.34. The SMILES string of the molecule is Cc1nn(C)c(C)c1CCNC(=O)c1cn(C)nc1C(F)(F)F. The van der Waals surface area contributed by atoms with Gasteiger partial charge >= 0.3 is 6.18 Å². The molecule has 23 heavy (non-hydrogen) atoms. The van der Waals surface area contributed by atoms with E-state index in [0.717, 1.165) is 27.8 Å². The summed E-state index contributed by atoms with van der Waals surface area (Å²) in [6.45, 7) is 3.98. The van der Waals surface area contributed by atoms with Crippen LogP contribution in [0.25, 0.3) is 0 Å². The van der Waals surface area contributed by atoms with Crippen LogP contribution in [0.2, 0.25) is 0 Å².